The van der Waals surface area contributed by atoms with Gasteiger partial charge in [-0.25, -0.2) is 4.79 Å². The minimum Gasteiger partial charge on any atom is -0.466 e. The Labute approximate surface area is 90.6 Å². The Kier molecular flexibility index (Phi) is 3.72. The van der Waals surface area contributed by atoms with Crippen LogP contribution in [0.15, 0.2) is 5.16 Å². The van der Waals surface area contributed by atoms with Crippen molar-refractivity contribution in [3.05, 3.63) is 0 Å². The van der Waals surface area contributed by atoms with Crippen LogP contribution in [0.3, 0.4) is 0 Å². The lowest BCUT2D eigenvalue weighted by molar-refractivity contribution is -0.164. The first-order valence-corrected chi connectivity index (χ1v) is 5.40. The van der Waals surface area contributed by atoms with Gasteiger partial charge in [-0.05, 0) is 19.8 Å². The zero-order valence-electron chi connectivity index (χ0n) is 9.87. The number of nitrogens with zero attached hydrogens (tertiary/aromatic N) is 1. The van der Waals surface area contributed by atoms with Crippen LogP contribution in [-0.4, -0.2) is 24.4 Å². The van der Waals surface area contributed by atoms with Gasteiger partial charge in [-0.2, -0.15) is 0 Å². The first-order chi connectivity index (χ1) is 7.07. The Morgan fingerprint density at radius 2 is 2.20 bits per heavy atom. The smallest absolute Gasteiger partial charge is 0.353 e. The third-order valence-electron chi connectivity index (χ3n) is 2.96. The summed E-state index contributed by atoms with van der Waals surface area (Å²) in [6, 6.07) is 0. The molecule has 0 aliphatic carbocycles. The summed E-state index contributed by atoms with van der Waals surface area (Å²) in [4.78, 5) is 16.7. The van der Waals surface area contributed by atoms with Gasteiger partial charge in [0.1, 0.15) is 0 Å². The van der Waals surface area contributed by atoms with Crippen LogP contribution in [0.5, 0.6) is 0 Å². The molecule has 0 saturated carbocycles. The van der Waals surface area contributed by atoms with Crippen molar-refractivity contribution in [1.29, 1.82) is 0 Å². The predicted molar refractivity (Wildman–Crippen MR) is 57.6 cm³/mol. The van der Waals surface area contributed by atoms with Gasteiger partial charge in [0.25, 0.3) is 0 Å². The molecule has 0 radical (unpaired) electrons. The molecule has 1 aliphatic rings. The van der Waals surface area contributed by atoms with Crippen molar-refractivity contribution in [2.45, 2.75) is 45.6 Å². The second-order valence-electron chi connectivity index (χ2n) is 4.09. The van der Waals surface area contributed by atoms with E-state index in [0.717, 1.165) is 18.6 Å². The van der Waals surface area contributed by atoms with E-state index in [2.05, 4.69) is 19.0 Å². The van der Waals surface area contributed by atoms with E-state index in [1.807, 2.05) is 0 Å². The molecular weight excluding hydrogens is 194 g/mol. The Hall–Kier alpha value is -1.06. The van der Waals surface area contributed by atoms with E-state index in [4.69, 9.17) is 9.57 Å². The molecule has 4 heteroatoms. The number of hydrogen-bond donors (Lipinski definition) is 0. The van der Waals surface area contributed by atoms with Crippen LogP contribution in [0, 0.1) is 5.92 Å². The largest absolute Gasteiger partial charge is 0.466 e. The normalized spacial score (nSPS) is 25.0. The molecule has 0 fully saturated rings. The van der Waals surface area contributed by atoms with Gasteiger partial charge in [-0.1, -0.05) is 19.0 Å². The second-order valence-corrected chi connectivity index (χ2v) is 4.09. The quantitative estimate of drug-likeness (QED) is 0.672. The molecule has 0 aromatic rings. The number of methoxy groups -OCH3 is 1. The van der Waals surface area contributed by atoms with Gasteiger partial charge < -0.3 is 9.57 Å². The maximum absolute atomic E-state index is 11.5. The van der Waals surface area contributed by atoms with Crippen LogP contribution >= 0.6 is 0 Å². The molecule has 0 aromatic carbocycles. The fraction of sp³-hybridized carbons (Fsp3) is 0.818. The molecule has 0 amide bonds. The molecule has 1 rings (SSSR count). The zero-order valence-corrected chi connectivity index (χ0v) is 9.87. The van der Waals surface area contributed by atoms with E-state index in [9.17, 15) is 4.79 Å². The summed E-state index contributed by atoms with van der Waals surface area (Å²) in [5.74, 6) is 0.0590. The number of oxime groups is 1. The molecule has 0 aromatic heterocycles. The molecule has 86 valence electrons. The molecule has 1 aliphatic heterocycles. The van der Waals surface area contributed by atoms with Crippen LogP contribution in [-0.2, 0) is 14.4 Å². The summed E-state index contributed by atoms with van der Waals surface area (Å²) in [6.45, 7) is 5.95. The van der Waals surface area contributed by atoms with Crippen molar-refractivity contribution < 1.29 is 14.4 Å². The van der Waals surface area contributed by atoms with Crippen LogP contribution in [0.2, 0.25) is 0 Å². The fourth-order valence-electron chi connectivity index (χ4n) is 1.87. The van der Waals surface area contributed by atoms with Gasteiger partial charge in [0.2, 0.25) is 5.60 Å². The summed E-state index contributed by atoms with van der Waals surface area (Å²) in [7, 11) is 1.37. The maximum Gasteiger partial charge on any atom is 0.353 e. The number of hydrogen-bond acceptors (Lipinski definition) is 4. The van der Waals surface area contributed by atoms with Gasteiger partial charge in [-0.15, -0.1) is 0 Å². The molecule has 1 unspecified atom stereocenters. The lowest BCUT2D eigenvalue weighted by Gasteiger charge is -2.18. The minimum atomic E-state index is -0.910. The molecule has 0 N–H and O–H groups in total. The molecule has 0 saturated heterocycles. The molecule has 15 heavy (non-hydrogen) atoms. The van der Waals surface area contributed by atoms with Gasteiger partial charge in [0.15, 0.2) is 0 Å². The Morgan fingerprint density at radius 1 is 1.60 bits per heavy atom. The Balaban J connectivity index is 2.67. The van der Waals surface area contributed by atoms with E-state index >= 15 is 0 Å². The topological polar surface area (TPSA) is 47.9 Å². The highest BCUT2D eigenvalue weighted by Gasteiger charge is 2.44. The van der Waals surface area contributed by atoms with E-state index in [1.54, 1.807) is 6.92 Å². The van der Waals surface area contributed by atoms with E-state index < -0.39 is 5.60 Å². The number of rotatable bonds is 4. The molecule has 1 atom stereocenters. The van der Waals surface area contributed by atoms with Crippen LogP contribution in [0.1, 0.15) is 40.0 Å². The first kappa shape index (κ1) is 12.0. The zero-order chi connectivity index (χ0) is 11.5. The summed E-state index contributed by atoms with van der Waals surface area (Å²) in [5, 5.41) is 4.02. The van der Waals surface area contributed by atoms with Gasteiger partial charge >= 0.3 is 5.97 Å². The minimum absolute atomic E-state index is 0.354. The molecule has 0 spiro atoms. The van der Waals surface area contributed by atoms with Crippen molar-refractivity contribution in [2.75, 3.05) is 7.11 Å². The summed E-state index contributed by atoms with van der Waals surface area (Å²) in [5.41, 5.74) is 0.0695. The van der Waals surface area contributed by atoms with Gasteiger partial charge in [-0.3, -0.25) is 0 Å². The highest BCUT2D eigenvalue weighted by atomic mass is 16.7. The third-order valence-corrected chi connectivity index (χ3v) is 2.96. The monoisotopic (exact) mass is 213 g/mol. The number of carbonyl (C=O) groups excluding carboxylic acids is 1. The Morgan fingerprint density at radius 3 is 2.67 bits per heavy atom. The lowest BCUT2D eigenvalue weighted by Crippen LogP contribution is -2.37. The van der Waals surface area contributed by atoms with Crippen molar-refractivity contribution in [3.8, 4) is 0 Å². The summed E-state index contributed by atoms with van der Waals surface area (Å²) in [6.07, 6.45) is 2.60. The summed E-state index contributed by atoms with van der Waals surface area (Å²) >= 11 is 0. The Bertz CT molecular complexity index is 271. The van der Waals surface area contributed by atoms with E-state index in [1.165, 1.54) is 7.11 Å². The summed E-state index contributed by atoms with van der Waals surface area (Å²) < 4.78 is 4.70. The third kappa shape index (κ3) is 2.30. The molecule has 0 bridgehead atoms. The highest BCUT2D eigenvalue weighted by molar-refractivity contribution is 5.94. The highest BCUT2D eigenvalue weighted by Crippen LogP contribution is 2.29. The first-order valence-electron chi connectivity index (χ1n) is 5.40. The maximum atomic E-state index is 11.5. The van der Waals surface area contributed by atoms with Crippen molar-refractivity contribution in [3.63, 3.8) is 0 Å². The molecule has 1 heterocycles. The van der Waals surface area contributed by atoms with Crippen molar-refractivity contribution in [2.24, 2.45) is 11.1 Å². The second kappa shape index (κ2) is 4.64. The van der Waals surface area contributed by atoms with Gasteiger partial charge in [0, 0.05) is 12.3 Å². The standard InChI is InChI=1S/C11H19NO3/c1-5-8(6-2)9-7-11(3,15-12-9)10(13)14-4/h8H,5-7H2,1-4H3. The lowest BCUT2D eigenvalue weighted by atomic mass is 9.89. The number of carbonyl (C=O) groups is 1. The van der Waals surface area contributed by atoms with Crippen molar-refractivity contribution in [1.82, 2.24) is 0 Å². The van der Waals surface area contributed by atoms with E-state index in [0.29, 0.717) is 12.3 Å². The van der Waals surface area contributed by atoms with Crippen LogP contribution in [0.25, 0.3) is 0 Å². The average Bonchev–Trinajstić information content (AvgIpc) is 2.63. The van der Waals surface area contributed by atoms with E-state index in [-0.39, 0.29) is 5.97 Å². The fourth-order valence-corrected chi connectivity index (χ4v) is 1.87. The van der Waals surface area contributed by atoms with Crippen molar-refractivity contribution >= 4 is 11.7 Å². The molecular formula is C11H19NO3. The molecule has 4 nitrogen and oxygen atoms in total. The van der Waals surface area contributed by atoms with Crippen LogP contribution in [0.4, 0.5) is 0 Å². The van der Waals surface area contributed by atoms with Crippen LogP contribution < -0.4 is 0 Å². The van der Waals surface area contributed by atoms with Gasteiger partial charge in [0.05, 0.1) is 12.8 Å². The number of esters is 1. The SMILES string of the molecule is CCC(CC)C1=NOC(C)(C(=O)OC)C1. The predicted octanol–water partition coefficient (Wildman–Crippen LogP) is 2.13. The average molecular weight is 213 g/mol. The number of ether oxygens (including phenoxy) is 1.